The van der Waals surface area contributed by atoms with Gasteiger partial charge >= 0.3 is 0 Å². The van der Waals surface area contributed by atoms with Gasteiger partial charge in [0.1, 0.15) is 0 Å². The molecule has 1 nitrogen and oxygen atoms in total. The molecule has 1 N–H and O–H groups in total. The average molecular weight is 184 g/mol. The average Bonchev–Trinajstić information content (AvgIpc) is 2.05. The highest BCUT2D eigenvalue weighted by Crippen LogP contribution is 2.08. The number of aryl methyl sites for hydroxylation is 1. The van der Waals surface area contributed by atoms with Crippen molar-refractivity contribution in [2.75, 3.05) is 17.7 Å². The molecule has 0 aliphatic rings. The van der Waals surface area contributed by atoms with Crippen molar-refractivity contribution in [3.63, 3.8) is 0 Å². The predicted molar refractivity (Wildman–Crippen MR) is 55.0 cm³/mol. The van der Waals surface area contributed by atoms with Gasteiger partial charge in [0.25, 0.3) is 0 Å². The number of alkyl halides is 1. The van der Waals surface area contributed by atoms with E-state index in [0.29, 0.717) is 0 Å². The minimum absolute atomic E-state index is 0.721. The zero-order valence-corrected chi connectivity index (χ0v) is 8.06. The van der Waals surface area contributed by atoms with Gasteiger partial charge in [-0.3, -0.25) is 0 Å². The molecule has 12 heavy (non-hydrogen) atoms. The molecular formula is C10H14ClN. The van der Waals surface area contributed by atoms with Crippen LogP contribution in [0.2, 0.25) is 0 Å². The van der Waals surface area contributed by atoms with E-state index in [2.05, 4.69) is 36.5 Å². The van der Waals surface area contributed by atoms with Crippen LogP contribution in [0, 0.1) is 6.92 Å². The Morgan fingerprint density at radius 1 is 1.42 bits per heavy atom. The van der Waals surface area contributed by atoms with Gasteiger partial charge in [0.05, 0.1) is 0 Å². The van der Waals surface area contributed by atoms with Gasteiger partial charge in [0.15, 0.2) is 0 Å². The summed E-state index contributed by atoms with van der Waals surface area (Å²) in [5.41, 5.74) is 2.46. The Balaban J connectivity index is 2.41. The molecule has 0 fully saturated rings. The Labute approximate surface area is 78.7 Å². The molecular weight excluding hydrogens is 170 g/mol. The summed E-state index contributed by atoms with van der Waals surface area (Å²) in [6.45, 7) is 3.04. The second-order valence-corrected chi connectivity index (χ2v) is 3.22. The van der Waals surface area contributed by atoms with Crippen LogP contribution in [0.4, 0.5) is 5.69 Å². The second-order valence-electron chi connectivity index (χ2n) is 2.84. The van der Waals surface area contributed by atoms with E-state index in [1.165, 1.54) is 11.3 Å². The van der Waals surface area contributed by atoms with Crippen LogP contribution in [0.5, 0.6) is 0 Å². The van der Waals surface area contributed by atoms with E-state index in [4.69, 9.17) is 11.6 Å². The molecule has 1 rings (SSSR count). The molecule has 0 spiro atoms. The van der Waals surface area contributed by atoms with Gasteiger partial charge in [-0.1, -0.05) is 12.1 Å². The van der Waals surface area contributed by atoms with Crippen molar-refractivity contribution in [3.05, 3.63) is 29.8 Å². The maximum Gasteiger partial charge on any atom is 0.0342 e. The summed E-state index contributed by atoms with van der Waals surface area (Å²) in [5, 5.41) is 3.30. The smallest absolute Gasteiger partial charge is 0.0342 e. The standard InChI is InChI=1S/C10H14ClN/c1-9-4-2-5-10(8-9)12-7-3-6-11/h2,4-5,8,12H,3,6-7H2,1H3. The van der Waals surface area contributed by atoms with E-state index >= 15 is 0 Å². The third-order valence-corrected chi connectivity index (χ3v) is 1.92. The molecule has 2 heteroatoms. The summed E-state index contributed by atoms with van der Waals surface area (Å²) >= 11 is 5.56. The number of benzene rings is 1. The fourth-order valence-corrected chi connectivity index (χ4v) is 1.19. The predicted octanol–water partition coefficient (Wildman–Crippen LogP) is 3.04. The van der Waals surface area contributed by atoms with Gasteiger partial charge in [0, 0.05) is 18.1 Å². The lowest BCUT2D eigenvalue weighted by Crippen LogP contribution is -2.01. The van der Waals surface area contributed by atoms with Gasteiger partial charge in [-0.2, -0.15) is 0 Å². The SMILES string of the molecule is Cc1cccc(NCCCCl)c1. The van der Waals surface area contributed by atoms with E-state index in [0.717, 1.165) is 18.8 Å². The molecule has 0 aromatic heterocycles. The minimum Gasteiger partial charge on any atom is -0.385 e. The van der Waals surface area contributed by atoms with Gasteiger partial charge in [0.2, 0.25) is 0 Å². The fourth-order valence-electron chi connectivity index (χ4n) is 1.05. The van der Waals surface area contributed by atoms with Crippen molar-refractivity contribution >= 4 is 17.3 Å². The van der Waals surface area contributed by atoms with Crippen LogP contribution in [0.1, 0.15) is 12.0 Å². The normalized spacial score (nSPS) is 9.83. The highest BCUT2D eigenvalue weighted by molar-refractivity contribution is 6.17. The molecule has 0 amide bonds. The van der Waals surface area contributed by atoms with Gasteiger partial charge in [-0.15, -0.1) is 11.6 Å². The summed E-state index contributed by atoms with van der Waals surface area (Å²) in [6.07, 6.45) is 1.01. The van der Waals surface area contributed by atoms with Crippen molar-refractivity contribution in [1.82, 2.24) is 0 Å². The highest BCUT2D eigenvalue weighted by atomic mass is 35.5. The quantitative estimate of drug-likeness (QED) is 0.559. The van der Waals surface area contributed by atoms with Crippen molar-refractivity contribution in [2.45, 2.75) is 13.3 Å². The van der Waals surface area contributed by atoms with Crippen molar-refractivity contribution < 1.29 is 0 Å². The molecule has 0 saturated heterocycles. The van der Waals surface area contributed by atoms with Crippen LogP contribution in [-0.4, -0.2) is 12.4 Å². The van der Waals surface area contributed by atoms with Crippen LogP contribution in [0.3, 0.4) is 0 Å². The largest absolute Gasteiger partial charge is 0.385 e. The van der Waals surface area contributed by atoms with Crippen molar-refractivity contribution in [3.8, 4) is 0 Å². The first kappa shape index (κ1) is 9.40. The molecule has 0 atom stereocenters. The number of anilines is 1. The number of nitrogens with one attached hydrogen (secondary N) is 1. The molecule has 66 valence electrons. The third kappa shape index (κ3) is 3.14. The summed E-state index contributed by atoms with van der Waals surface area (Å²) in [4.78, 5) is 0. The molecule has 0 bridgehead atoms. The molecule has 0 aliphatic carbocycles. The lowest BCUT2D eigenvalue weighted by atomic mass is 10.2. The van der Waals surface area contributed by atoms with E-state index in [1.54, 1.807) is 0 Å². The van der Waals surface area contributed by atoms with E-state index in [1.807, 2.05) is 0 Å². The Hall–Kier alpha value is -0.690. The summed E-state index contributed by atoms with van der Waals surface area (Å²) < 4.78 is 0. The maximum absolute atomic E-state index is 5.56. The topological polar surface area (TPSA) is 12.0 Å². The molecule has 0 radical (unpaired) electrons. The van der Waals surface area contributed by atoms with E-state index in [-0.39, 0.29) is 0 Å². The summed E-state index contributed by atoms with van der Waals surface area (Å²) in [7, 11) is 0. The Kier molecular flexibility index (Phi) is 3.95. The van der Waals surface area contributed by atoms with Gasteiger partial charge in [-0.05, 0) is 31.0 Å². The molecule has 0 heterocycles. The first-order valence-corrected chi connectivity index (χ1v) is 4.73. The van der Waals surface area contributed by atoms with Crippen LogP contribution in [0.25, 0.3) is 0 Å². The van der Waals surface area contributed by atoms with Gasteiger partial charge < -0.3 is 5.32 Å². The van der Waals surface area contributed by atoms with E-state index in [9.17, 15) is 0 Å². The van der Waals surface area contributed by atoms with E-state index < -0.39 is 0 Å². The summed E-state index contributed by atoms with van der Waals surface area (Å²) in [6, 6.07) is 8.35. The molecule has 0 aliphatic heterocycles. The number of hydrogen-bond donors (Lipinski definition) is 1. The third-order valence-electron chi connectivity index (χ3n) is 1.66. The molecule has 0 unspecified atom stereocenters. The van der Waals surface area contributed by atoms with Crippen LogP contribution in [0.15, 0.2) is 24.3 Å². The highest BCUT2D eigenvalue weighted by Gasteiger charge is 1.90. The first-order valence-electron chi connectivity index (χ1n) is 4.19. The Bertz CT molecular complexity index is 235. The molecule has 1 aromatic rings. The first-order chi connectivity index (χ1) is 5.83. The Morgan fingerprint density at radius 3 is 2.92 bits per heavy atom. The van der Waals surface area contributed by atoms with Crippen molar-refractivity contribution in [1.29, 1.82) is 0 Å². The molecule has 0 saturated carbocycles. The lowest BCUT2D eigenvalue weighted by molar-refractivity contribution is 0.987. The second kappa shape index (κ2) is 5.04. The lowest BCUT2D eigenvalue weighted by Gasteiger charge is -2.04. The molecule has 1 aromatic carbocycles. The van der Waals surface area contributed by atoms with Crippen LogP contribution < -0.4 is 5.32 Å². The number of hydrogen-bond acceptors (Lipinski definition) is 1. The zero-order valence-electron chi connectivity index (χ0n) is 7.31. The fraction of sp³-hybridized carbons (Fsp3) is 0.400. The van der Waals surface area contributed by atoms with Crippen LogP contribution >= 0.6 is 11.6 Å². The minimum atomic E-state index is 0.721. The summed E-state index contributed by atoms with van der Waals surface area (Å²) in [5.74, 6) is 0.721. The van der Waals surface area contributed by atoms with Crippen molar-refractivity contribution in [2.24, 2.45) is 0 Å². The maximum atomic E-state index is 5.56. The number of halogens is 1. The van der Waals surface area contributed by atoms with Crippen LogP contribution in [-0.2, 0) is 0 Å². The monoisotopic (exact) mass is 183 g/mol. The number of rotatable bonds is 4. The Morgan fingerprint density at radius 2 is 2.25 bits per heavy atom. The zero-order chi connectivity index (χ0) is 8.81. The van der Waals surface area contributed by atoms with Gasteiger partial charge in [-0.25, -0.2) is 0 Å².